The van der Waals surface area contributed by atoms with Crippen LogP contribution in [-0.4, -0.2) is 36.5 Å². The van der Waals surface area contributed by atoms with Gasteiger partial charge in [-0.3, -0.25) is 9.59 Å². The molecule has 0 unspecified atom stereocenters. The monoisotopic (exact) mass is 293 g/mol. The predicted octanol–water partition coefficient (Wildman–Crippen LogP) is 1.51. The molecular weight excluding hydrogens is 270 g/mol. The van der Waals surface area contributed by atoms with E-state index in [-0.39, 0.29) is 25.0 Å². The van der Waals surface area contributed by atoms with Gasteiger partial charge in [0.2, 0.25) is 0 Å². The van der Waals surface area contributed by atoms with E-state index in [4.69, 9.17) is 16.2 Å². The zero-order valence-corrected chi connectivity index (χ0v) is 12.8. The molecule has 0 aliphatic rings. The lowest BCUT2D eigenvalue weighted by Crippen LogP contribution is -2.39. The molecule has 0 aliphatic carbocycles. The number of ether oxygens (including phenoxy) is 1. The van der Waals surface area contributed by atoms with Crippen molar-refractivity contribution < 1.29 is 14.3 Å². The first-order valence-corrected chi connectivity index (χ1v) is 6.94. The fourth-order valence-electron chi connectivity index (χ4n) is 2.01. The van der Waals surface area contributed by atoms with Gasteiger partial charge in [-0.15, -0.1) is 0 Å². The van der Waals surface area contributed by atoms with Gasteiger partial charge in [0, 0.05) is 23.5 Å². The standard InChI is InChI=1S/C15H23N3O3/c1-4-21-14(19)9-18(8-10(2)3)15(20)11-5-12(16)7-13(17)6-11/h5-7,10H,4,8-9,16-17H2,1-3H3. The van der Waals surface area contributed by atoms with Crippen LogP contribution in [0, 0.1) is 5.92 Å². The second-order valence-electron chi connectivity index (χ2n) is 5.27. The number of esters is 1. The first kappa shape index (κ1) is 16.8. The van der Waals surface area contributed by atoms with Crippen molar-refractivity contribution in [1.82, 2.24) is 4.90 Å². The number of nitrogen functional groups attached to an aromatic ring is 2. The van der Waals surface area contributed by atoms with E-state index in [1.165, 1.54) is 4.90 Å². The predicted molar refractivity (Wildman–Crippen MR) is 82.6 cm³/mol. The molecular formula is C15H23N3O3. The van der Waals surface area contributed by atoms with Gasteiger partial charge in [0.25, 0.3) is 5.91 Å². The van der Waals surface area contributed by atoms with Crippen molar-refractivity contribution in [2.45, 2.75) is 20.8 Å². The zero-order valence-electron chi connectivity index (χ0n) is 12.8. The Morgan fingerprint density at radius 2 is 1.76 bits per heavy atom. The van der Waals surface area contributed by atoms with Crippen LogP contribution in [0.5, 0.6) is 0 Å². The Balaban J connectivity index is 2.95. The van der Waals surface area contributed by atoms with Crippen LogP contribution in [0.3, 0.4) is 0 Å². The molecule has 0 aliphatic heterocycles. The molecule has 0 aromatic heterocycles. The van der Waals surface area contributed by atoms with Crippen LogP contribution in [0.2, 0.25) is 0 Å². The summed E-state index contributed by atoms with van der Waals surface area (Å²) in [6.45, 7) is 6.32. The van der Waals surface area contributed by atoms with Crippen LogP contribution in [0.15, 0.2) is 18.2 Å². The molecule has 6 nitrogen and oxygen atoms in total. The largest absolute Gasteiger partial charge is 0.465 e. The number of carbonyl (C=O) groups is 2. The summed E-state index contributed by atoms with van der Waals surface area (Å²) in [4.78, 5) is 25.6. The molecule has 116 valence electrons. The van der Waals surface area contributed by atoms with E-state index in [1.54, 1.807) is 25.1 Å². The summed E-state index contributed by atoms with van der Waals surface area (Å²) in [6.07, 6.45) is 0. The van der Waals surface area contributed by atoms with Gasteiger partial charge in [-0.25, -0.2) is 0 Å². The average molecular weight is 293 g/mol. The van der Waals surface area contributed by atoms with Gasteiger partial charge in [-0.05, 0) is 31.0 Å². The molecule has 1 aromatic carbocycles. The Labute approximate surface area is 125 Å². The summed E-state index contributed by atoms with van der Waals surface area (Å²) in [5, 5.41) is 0. The van der Waals surface area contributed by atoms with Crippen molar-refractivity contribution in [3.8, 4) is 0 Å². The van der Waals surface area contributed by atoms with Gasteiger partial charge in [-0.1, -0.05) is 13.8 Å². The number of nitrogens with zero attached hydrogens (tertiary/aromatic N) is 1. The number of carbonyl (C=O) groups excluding carboxylic acids is 2. The van der Waals surface area contributed by atoms with E-state index < -0.39 is 5.97 Å². The highest BCUT2D eigenvalue weighted by Crippen LogP contribution is 2.16. The first-order valence-electron chi connectivity index (χ1n) is 6.94. The summed E-state index contributed by atoms with van der Waals surface area (Å²) in [5.74, 6) is -0.485. The average Bonchev–Trinajstić information content (AvgIpc) is 2.35. The topological polar surface area (TPSA) is 98.6 Å². The third-order valence-electron chi connectivity index (χ3n) is 2.72. The van der Waals surface area contributed by atoms with E-state index in [0.29, 0.717) is 23.5 Å². The molecule has 1 rings (SSSR count). The molecule has 21 heavy (non-hydrogen) atoms. The maximum absolute atomic E-state index is 12.5. The number of benzene rings is 1. The normalized spacial score (nSPS) is 10.5. The summed E-state index contributed by atoms with van der Waals surface area (Å²) >= 11 is 0. The van der Waals surface area contributed by atoms with E-state index in [2.05, 4.69) is 0 Å². The quantitative estimate of drug-likeness (QED) is 0.612. The molecule has 4 N–H and O–H groups in total. The van der Waals surface area contributed by atoms with Crippen molar-refractivity contribution >= 4 is 23.3 Å². The molecule has 6 heteroatoms. The lowest BCUT2D eigenvalue weighted by atomic mass is 10.1. The number of nitrogens with two attached hydrogens (primary N) is 2. The smallest absolute Gasteiger partial charge is 0.325 e. The SMILES string of the molecule is CCOC(=O)CN(CC(C)C)C(=O)c1cc(N)cc(N)c1. The minimum atomic E-state index is -0.427. The van der Waals surface area contributed by atoms with Crippen LogP contribution < -0.4 is 11.5 Å². The van der Waals surface area contributed by atoms with Gasteiger partial charge >= 0.3 is 5.97 Å². The fourth-order valence-corrected chi connectivity index (χ4v) is 2.01. The highest BCUT2D eigenvalue weighted by molar-refractivity contribution is 5.97. The van der Waals surface area contributed by atoms with E-state index >= 15 is 0 Å². The molecule has 0 atom stereocenters. The van der Waals surface area contributed by atoms with E-state index in [0.717, 1.165) is 0 Å². The van der Waals surface area contributed by atoms with Gasteiger partial charge in [0.1, 0.15) is 6.54 Å². The van der Waals surface area contributed by atoms with E-state index in [9.17, 15) is 9.59 Å². The maximum Gasteiger partial charge on any atom is 0.325 e. The van der Waals surface area contributed by atoms with Crippen LogP contribution in [0.1, 0.15) is 31.1 Å². The second-order valence-corrected chi connectivity index (χ2v) is 5.27. The van der Waals surface area contributed by atoms with Crippen LogP contribution in [0.25, 0.3) is 0 Å². The van der Waals surface area contributed by atoms with Crippen molar-refractivity contribution in [2.75, 3.05) is 31.2 Å². The Bertz CT molecular complexity index is 495. The summed E-state index contributed by atoms with van der Waals surface area (Å²) in [5.41, 5.74) is 12.6. The third kappa shape index (κ3) is 5.33. The number of amides is 1. The van der Waals surface area contributed by atoms with Crippen molar-refractivity contribution in [3.05, 3.63) is 23.8 Å². The van der Waals surface area contributed by atoms with E-state index in [1.807, 2.05) is 13.8 Å². The van der Waals surface area contributed by atoms with Gasteiger partial charge in [0.05, 0.1) is 6.61 Å². The Morgan fingerprint density at radius 1 is 1.19 bits per heavy atom. The van der Waals surface area contributed by atoms with Gasteiger partial charge < -0.3 is 21.1 Å². The Morgan fingerprint density at radius 3 is 2.24 bits per heavy atom. The summed E-state index contributed by atoms with van der Waals surface area (Å²) < 4.78 is 4.91. The zero-order chi connectivity index (χ0) is 16.0. The van der Waals surface area contributed by atoms with Crippen molar-refractivity contribution in [3.63, 3.8) is 0 Å². The van der Waals surface area contributed by atoms with Crippen LogP contribution in [-0.2, 0) is 9.53 Å². The molecule has 0 radical (unpaired) electrons. The molecule has 1 aromatic rings. The second kappa shape index (κ2) is 7.52. The number of hydrogen-bond acceptors (Lipinski definition) is 5. The lowest BCUT2D eigenvalue weighted by Gasteiger charge is -2.24. The molecule has 1 amide bonds. The molecule has 0 saturated carbocycles. The maximum atomic E-state index is 12.5. The minimum Gasteiger partial charge on any atom is -0.465 e. The van der Waals surface area contributed by atoms with Crippen LogP contribution in [0.4, 0.5) is 11.4 Å². The highest BCUT2D eigenvalue weighted by Gasteiger charge is 2.21. The Kier molecular flexibility index (Phi) is 6.02. The lowest BCUT2D eigenvalue weighted by molar-refractivity contribution is -0.143. The van der Waals surface area contributed by atoms with Crippen molar-refractivity contribution in [1.29, 1.82) is 0 Å². The summed E-state index contributed by atoms with van der Waals surface area (Å²) in [7, 11) is 0. The fraction of sp³-hybridized carbons (Fsp3) is 0.467. The van der Waals surface area contributed by atoms with Crippen LogP contribution >= 0.6 is 0 Å². The van der Waals surface area contributed by atoms with Gasteiger partial charge in [-0.2, -0.15) is 0 Å². The molecule has 0 spiro atoms. The Hall–Kier alpha value is -2.24. The van der Waals surface area contributed by atoms with Crippen molar-refractivity contribution in [2.24, 2.45) is 5.92 Å². The highest BCUT2D eigenvalue weighted by atomic mass is 16.5. The molecule has 0 saturated heterocycles. The number of anilines is 2. The molecule has 0 bridgehead atoms. The molecule has 0 heterocycles. The van der Waals surface area contributed by atoms with Gasteiger partial charge in [0.15, 0.2) is 0 Å². The summed E-state index contributed by atoms with van der Waals surface area (Å²) in [6, 6.07) is 4.68. The number of rotatable bonds is 6. The first-order chi connectivity index (χ1) is 9.83. The number of hydrogen-bond donors (Lipinski definition) is 2. The minimum absolute atomic E-state index is 0.0838. The molecule has 0 fully saturated rings. The third-order valence-corrected chi connectivity index (χ3v) is 2.72.